The van der Waals surface area contributed by atoms with Crippen LogP contribution in [0.15, 0.2) is 140 Å². The number of fused-ring (bicyclic) bond motifs is 1. The molecule has 1 fully saturated rings. The van der Waals surface area contributed by atoms with Gasteiger partial charge in [-0.05, 0) is 48.9 Å². The summed E-state index contributed by atoms with van der Waals surface area (Å²) in [5, 5.41) is 0. The Morgan fingerprint density at radius 1 is 0.682 bits per heavy atom. The third kappa shape index (κ3) is 5.13. The average molecular weight is 585 g/mol. The van der Waals surface area contributed by atoms with E-state index in [2.05, 4.69) is 26.0 Å². The minimum absolute atomic E-state index is 0.258. The van der Waals surface area contributed by atoms with E-state index in [0.29, 0.717) is 16.9 Å². The van der Waals surface area contributed by atoms with E-state index in [1.807, 2.05) is 85.8 Å². The molecule has 222 valence electrons. The normalized spacial score (nSPS) is 27.2. The van der Waals surface area contributed by atoms with Gasteiger partial charge in [-0.3, -0.25) is 0 Å². The largest absolute Gasteiger partial charge is 0.478 e. The molecule has 6 atom stereocenters. The Morgan fingerprint density at radius 2 is 1.23 bits per heavy atom. The maximum Gasteiger partial charge on any atom is 0.338 e. The molecule has 0 heterocycles. The number of carbonyl (C=O) groups is 2. The average Bonchev–Trinajstić information content (AvgIpc) is 3.06. The zero-order valence-electron chi connectivity index (χ0n) is 25.1. The van der Waals surface area contributed by atoms with Gasteiger partial charge in [0, 0.05) is 22.8 Å². The van der Waals surface area contributed by atoms with Crippen LogP contribution in [0.1, 0.15) is 45.7 Å². The van der Waals surface area contributed by atoms with Crippen LogP contribution in [0.4, 0.5) is 0 Å². The first kappa shape index (κ1) is 29.2. The van der Waals surface area contributed by atoms with E-state index in [9.17, 15) is 9.59 Å². The summed E-state index contributed by atoms with van der Waals surface area (Å²) in [4.78, 5) is 27.7. The monoisotopic (exact) mass is 584 g/mol. The SMILES string of the molecule is Cc1ccccc1C1(Oc2ccccc2)C(OC(=O)c2ccccc2)C(OC(=O)c2ccccc2)C(C)C2(C)C=CC=CC21. The fourth-order valence-corrected chi connectivity index (χ4v) is 6.86. The summed E-state index contributed by atoms with van der Waals surface area (Å²) < 4.78 is 20.2. The number of allylic oxidation sites excluding steroid dienone is 3. The van der Waals surface area contributed by atoms with Gasteiger partial charge in [0.15, 0.2) is 11.7 Å². The molecule has 2 aliphatic carbocycles. The second-order valence-corrected chi connectivity index (χ2v) is 11.8. The molecule has 4 aromatic carbocycles. The lowest BCUT2D eigenvalue weighted by Crippen LogP contribution is -2.68. The molecule has 0 spiro atoms. The second-order valence-electron chi connectivity index (χ2n) is 11.8. The Bertz CT molecular complexity index is 1680. The van der Waals surface area contributed by atoms with Crippen LogP contribution >= 0.6 is 0 Å². The predicted octanol–water partition coefficient (Wildman–Crippen LogP) is 8.12. The minimum atomic E-state index is -1.28. The standard InChI is InChI=1S/C39H36O5/c1-27-17-13-14-24-32(27)39(44-31-22-11-6-12-23-31)33-25-15-16-26-38(33,3)28(2)34(42-36(40)29-18-7-4-8-19-29)35(39)43-37(41)30-20-9-5-10-21-30/h4-26,28,33-35H,1-3H3. The van der Waals surface area contributed by atoms with E-state index in [0.717, 1.165) is 11.1 Å². The molecule has 1 saturated carbocycles. The van der Waals surface area contributed by atoms with Gasteiger partial charge >= 0.3 is 11.9 Å². The van der Waals surface area contributed by atoms with Crippen molar-refractivity contribution in [2.24, 2.45) is 17.3 Å². The van der Waals surface area contributed by atoms with Crippen molar-refractivity contribution in [2.45, 2.75) is 38.6 Å². The number of para-hydroxylation sites is 1. The van der Waals surface area contributed by atoms with Gasteiger partial charge in [-0.1, -0.05) is 117 Å². The summed E-state index contributed by atoms with van der Waals surface area (Å²) in [5.41, 5.74) is 0.837. The Balaban J connectivity index is 1.60. The molecule has 0 N–H and O–H groups in total. The van der Waals surface area contributed by atoms with Crippen molar-refractivity contribution >= 4 is 11.9 Å². The number of benzene rings is 4. The van der Waals surface area contributed by atoms with Crippen LogP contribution in [-0.2, 0) is 15.1 Å². The first-order valence-electron chi connectivity index (χ1n) is 15.0. The molecular weight excluding hydrogens is 548 g/mol. The third-order valence-electron chi connectivity index (χ3n) is 9.29. The first-order chi connectivity index (χ1) is 21.3. The highest BCUT2D eigenvalue weighted by Crippen LogP contribution is 2.60. The van der Waals surface area contributed by atoms with Crippen molar-refractivity contribution in [3.63, 3.8) is 0 Å². The van der Waals surface area contributed by atoms with Crippen LogP contribution in [0.25, 0.3) is 0 Å². The van der Waals surface area contributed by atoms with E-state index in [1.54, 1.807) is 48.5 Å². The molecule has 44 heavy (non-hydrogen) atoms. The number of carbonyl (C=O) groups excluding carboxylic acids is 2. The Hall–Kier alpha value is -4.90. The van der Waals surface area contributed by atoms with Crippen molar-refractivity contribution in [3.8, 4) is 5.75 Å². The third-order valence-corrected chi connectivity index (χ3v) is 9.29. The van der Waals surface area contributed by atoms with Gasteiger partial charge in [-0.15, -0.1) is 0 Å². The Kier molecular flexibility index (Phi) is 7.96. The number of hydrogen-bond acceptors (Lipinski definition) is 5. The lowest BCUT2D eigenvalue weighted by atomic mass is 9.51. The van der Waals surface area contributed by atoms with E-state index in [4.69, 9.17) is 14.2 Å². The highest BCUT2D eigenvalue weighted by atomic mass is 16.6. The molecule has 5 heteroatoms. The molecule has 0 aromatic heterocycles. The number of aryl methyl sites for hydroxylation is 1. The number of hydrogen-bond donors (Lipinski definition) is 0. The van der Waals surface area contributed by atoms with Crippen molar-refractivity contribution in [2.75, 3.05) is 0 Å². The zero-order valence-corrected chi connectivity index (χ0v) is 25.1. The van der Waals surface area contributed by atoms with Crippen molar-refractivity contribution in [1.82, 2.24) is 0 Å². The smallest absolute Gasteiger partial charge is 0.338 e. The van der Waals surface area contributed by atoms with Crippen LogP contribution in [0.2, 0.25) is 0 Å². The molecule has 5 nitrogen and oxygen atoms in total. The van der Waals surface area contributed by atoms with Crippen LogP contribution < -0.4 is 4.74 Å². The van der Waals surface area contributed by atoms with Crippen molar-refractivity contribution in [3.05, 3.63) is 162 Å². The lowest BCUT2D eigenvalue weighted by Gasteiger charge is -2.60. The van der Waals surface area contributed by atoms with E-state index < -0.39 is 35.2 Å². The maximum atomic E-state index is 14.0. The van der Waals surface area contributed by atoms with Crippen LogP contribution in [-0.4, -0.2) is 24.1 Å². The highest BCUT2D eigenvalue weighted by molar-refractivity contribution is 5.90. The number of rotatable bonds is 7. The molecule has 0 bridgehead atoms. The molecule has 0 amide bonds. The molecule has 6 unspecified atom stereocenters. The highest BCUT2D eigenvalue weighted by Gasteiger charge is 2.67. The quantitative estimate of drug-likeness (QED) is 0.205. The number of ether oxygens (including phenoxy) is 3. The molecule has 6 rings (SSSR count). The number of esters is 2. The van der Waals surface area contributed by atoms with E-state index in [-0.39, 0.29) is 11.8 Å². The van der Waals surface area contributed by atoms with Crippen LogP contribution in [0, 0.1) is 24.2 Å². The van der Waals surface area contributed by atoms with E-state index >= 15 is 0 Å². The summed E-state index contributed by atoms with van der Waals surface area (Å²) >= 11 is 0. The van der Waals surface area contributed by atoms with Gasteiger partial charge in [0.1, 0.15) is 11.9 Å². The van der Waals surface area contributed by atoms with Crippen molar-refractivity contribution < 1.29 is 23.8 Å². The summed E-state index contributed by atoms with van der Waals surface area (Å²) in [6, 6.07) is 35.4. The molecule has 0 radical (unpaired) electrons. The van der Waals surface area contributed by atoms with Gasteiger partial charge in [0.25, 0.3) is 0 Å². The molecule has 0 aliphatic heterocycles. The molecule has 0 saturated heterocycles. The molecule has 4 aromatic rings. The fraction of sp³-hybridized carbons (Fsp3) is 0.231. The van der Waals surface area contributed by atoms with Crippen LogP contribution in [0.5, 0.6) is 5.75 Å². The van der Waals surface area contributed by atoms with Gasteiger partial charge < -0.3 is 14.2 Å². The lowest BCUT2D eigenvalue weighted by molar-refractivity contribution is -0.214. The van der Waals surface area contributed by atoms with Gasteiger partial charge in [0.2, 0.25) is 0 Å². The second kappa shape index (κ2) is 12.0. The minimum Gasteiger partial charge on any atom is -0.478 e. The predicted molar refractivity (Wildman–Crippen MR) is 170 cm³/mol. The van der Waals surface area contributed by atoms with Gasteiger partial charge in [-0.25, -0.2) is 9.59 Å². The molecular formula is C39H36O5. The maximum absolute atomic E-state index is 14.0. The molecule has 2 aliphatic rings. The van der Waals surface area contributed by atoms with Crippen LogP contribution in [0.3, 0.4) is 0 Å². The fourth-order valence-electron chi connectivity index (χ4n) is 6.86. The Morgan fingerprint density at radius 3 is 1.84 bits per heavy atom. The summed E-state index contributed by atoms with van der Waals surface area (Å²) in [6.07, 6.45) is 6.48. The summed E-state index contributed by atoms with van der Waals surface area (Å²) in [6.45, 7) is 6.26. The zero-order chi connectivity index (χ0) is 30.7. The Labute approximate surface area is 258 Å². The van der Waals surface area contributed by atoms with Crippen molar-refractivity contribution in [1.29, 1.82) is 0 Å². The summed E-state index contributed by atoms with van der Waals surface area (Å²) in [7, 11) is 0. The topological polar surface area (TPSA) is 61.8 Å². The first-order valence-corrected chi connectivity index (χ1v) is 15.0. The van der Waals surface area contributed by atoms with Gasteiger partial charge in [0.05, 0.1) is 11.1 Å². The van der Waals surface area contributed by atoms with E-state index in [1.165, 1.54) is 0 Å². The van der Waals surface area contributed by atoms with Gasteiger partial charge in [-0.2, -0.15) is 0 Å². The summed E-state index contributed by atoms with van der Waals surface area (Å²) in [5.74, 6) is -0.941.